The zero-order chi connectivity index (χ0) is 15.4. The molecular weight excluding hydrogens is 276 g/mol. The number of hydrogen-bond acceptors (Lipinski definition) is 3. The highest BCUT2D eigenvalue weighted by molar-refractivity contribution is 5.89. The molecule has 4 nitrogen and oxygen atoms in total. The van der Waals surface area contributed by atoms with E-state index in [-0.39, 0.29) is 0 Å². The minimum Gasteiger partial charge on any atom is -0.497 e. The van der Waals surface area contributed by atoms with E-state index in [2.05, 4.69) is 11.1 Å². The molecule has 1 N–H and O–H groups in total. The summed E-state index contributed by atoms with van der Waals surface area (Å²) in [7, 11) is 1.65. The summed E-state index contributed by atoms with van der Waals surface area (Å²) < 4.78 is 11.1. The summed E-state index contributed by atoms with van der Waals surface area (Å²) in [5.41, 5.74) is 3.01. The second-order valence-electron chi connectivity index (χ2n) is 4.96. The van der Waals surface area contributed by atoms with Crippen LogP contribution >= 0.6 is 0 Å². The maximum atomic E-state index is 8.93. The lowest BCUT2D eigenvalue weighted by Crippen LogP contribution is -1.96. The number of benzene rings is 2. The molecule has 0 atom stereocenters. The van der Waals surface area contributed by atoms with Crippen LogP contribution in [0.15, 0.2) is 48.7 Å². The third kappa shape index (κ3) is 2.75. The van der Waals surface area contributed by atoms with E-state index in [1.54, 1.807) is 7.11 Å². The Morgan fingerprint density at radius 2 is 1.95 bits per heavy atom. The number of methoxy groups -OCH3 is 1. The molecule has 0 aliphatic carbocycles. The van der Waals surface area contributed by atoms with E-state index < -0.39 is 0 Å². The highest BCUT2D eigenvalue weighted by Gasteiger charge is 2.09. The Hall–Kier alpha value is -2.93. The fraction of sp³-hybridized carbons (Fsp3) is 0.167. The first-order valence-corrected chi connectivity index (χ1v) is 7.03. The van der Waals surface area contributed by atoms with Gasteiger partial charge in [0.2, 0.25) is 0 Å². The number of hydrogen-bond donors (Lipinski definition) is 1. The van der Waals surface area contributed by atoms with Crippen molar-refractivity contribution in [1.82, 2.24) is 4.98 Å². The molecule has 3 rings (SSSR count). The van der Waals surface area contributed by atoms with Gasteiger partial charge in [0.1, 0.15) is 18.1 Å². The van der Waals surface area contributed by atoms with E-state index in [0.29, 0.717) is 13.0 Å². The molecule has 1 heterocycles. The summed E-state index contributed by atoms with van der Waals surface area (Å²) in [5.74, 6) is 1.62. The van der Waals surface area contributed by atoms with Crippen molar-refractivity contribution < 1.29 is 9.47 Å². The Morgan fingerprint density at radius 3 is 2.68 bits per heavy atom. The molecule has 0 radical (unpaired) electrons. The van der Waals surface area contributed by atoms with Gasteiger partial charge in [-0.15, -0.1) is 0 Å². The van der Waals surface area contributed by atoms with Crippen LogP contribution in [0.25, 0.3) is 10.9 Å². The normalized spacial score (nSPS) is 10.4. The van der Waals surface area contributed by atoms with Crippen LogP contribution in [-0.4, -0.2) is 12.1 Å². The van der Waals surface area contributed by atoms with Gasteiger partial charge in [-0.3, -0.25) is 0 Å². The molecule has 3 aromatic rings. The van der Waals surface area contributed by atoms with Gasteiger partial charge in [-0.05, 0) is 35.4 Å². The van der Waals surface area contributed by atoms with E-state index in [1.807, 2.05) is 48.7 Å². The van der Waals surface area contributed by atoms with Gasteiger partial charge in [0.25, 0.3) is 0 Å². The van der Waals surface area contributed by atoms with Gasteiger partial charge in [0.15, 0.2) is 0 Å². The van der Waals surface area contributed by atoms with Crippen LogP contribution < -0.4 is 9.47 Å². The second kappa shape index (κ2) is 6.23. The molecule has 22 heavy (non-hydrogen) atoms. The smallest absolute Gasteiger partial charge is 0.129 e. The summed E-state index contributed by atoms with van der Waals surface area (Å²) in [6, 6.07) is 15.8. The second-order valence-corrected chi connectivity index (χ2v) is 4.96. The Balaban J connectivity index is 1.83. The Bertz CT molecular complexity index is 813. The minimum atomic E-state index is 0.364. The average molecular weight is 292 g/mol. The molecule has 0 aliphatic heterocycles. The molecule has 0 aliphatic rings. The van der Waals surface area contributed by atoms with Gasteiger partial charge in [-0.1, -0.05) is 18.2 Å². The fourth-order valence-corrected chi connectivity index (χ4v) is 2.45. The van der Waals surface area contributed by atoms with Crippen molar-refractivity contribution >= 4 is 10.9 Å². The topological polar surface area (TPSA) is 58.0 Å². The molecule has 110 valence electrons. The molecule has 0 fully saturated rings. The SMILES string of the molecule is COc1ccc(COc2cccc3[nH]cc(CC#N)c23)cc1. The van der Waals surface area contributed by atoms with Crippen LogP contribution in [0.5, 0.6) is 11.5 Å². The number of H-pyrrole nitrogens is 1. The van der Waals surface area contributed by atoms with Gasteiger partial charge in [0, 0.05) is 17.1 Å². The average Bonchev–Trinajstić information content (AvgIpc) is 2.97. The number of nitriles is 1. The molecule has 1 aromatic heterocycles. The van der Waals surface area contributed by atoms with E-state index in [0.717, 1.165) is 33.5 Å². The molecule has 0 saturated carbocycles. The Morgan fingerprint density at radius 1 is 1.14 bits per heavy atom. The fourth-order valence-electron chi connectivity index (χ4n) is 2.45. The summed E-state index contributed by atoms with van der Waals surface area (Å²) in [5, 5.41) is 9.91. The number of aromatic amines is 1. The van der Waals surface area contributed by atoms with Crippen LogP contribution in [0.1, 0.15) is 11.1 Å². The van der Waals surface area contributed by atoms with Crippen molar-refractivity contribution in [3.8, 4) is 17.6 Å². The van der Waals surface area contributed by atoms with Gasteiger partial charge in [-0.2, -0.15) is 5.26 Å². The lowest BCUT2D eigenvalue weighted by atomic mass is 10.1. The Labute approximate surface area is 128 Å². The van der Waals surface area contributed by atoms with Crippen molar-refractivity contribution in [2.24, 2.45) is 0 Å². The highest BCUT2D eigenvalue weighted by atomic mass is 16.5. The number of rotatable bonds is 5. The minimum absolute atomic E-state index is 0.364. The Kier molecular flexibility index (Phi) is 3.97. The van der Waals surface area contributed by atoms with Gasteiger partial charge >= 0.3 is 0 Å². The largest absolute Gasteiger partial charge is 0.497 e. The molecule has 0 saturated heterocycles. The monoisotopic (exact) mass is 292 g/mol. The maximum Gasteiger partial charge on any atom is 0.129 e. The summed E-state index contributed by atoms with van der Waals surface area (Å²) in [6.45, 7) is 0.473. The quantitative estimate of drug-likeness (QED) is 0.777. The lowest BCUT2D eigenvalue weighted by molar-refractivity contribution is 0.309. The summed E-state index contributed by atoms with van der Waals surface area (Å²) >= 11 is 0. The first kappa shape index (κ1) is 14.0. The van der Waals surface area contributed by atoms with E-state index in [9.17, 15) is 0 Å². The first-order chi connectivity index (χ1) is 10.8. The van der Waals surface area contributed by atoms with E-state index >= 15 is 0 Å². The van der Waals surface area contributed by atoms with Crippen LogP contribution in [0.4, 0.5) is 0 Å². The predicted octanol–water partition coefficient (Wildman–Crippen LogP) is 3.82. The predicted molar refractivity (Wildman–Crippen MR) is 84.9 cm³/mol. The number of nitrogens with zero attached hydrogens (tertiary/aromatic N) is 1. The van der Waals surface area contributed by atoms with Crippen molar-refractivity contribution in [3.05, 3.63) is 59.8 Å². The third-order valence-corrected chi connectivity index (χ3v) is 3.57. The van der Waals surface area contributed by atoms with Crippen LogP contribution in [0, 0.1) is 11.3 Å². The zero-order valence-electron chi connectivity index (χ0n) is 12.3. The van der Waals surface area contributed by atoms with Crippen molar-refractivity contribution in [1.29, 1.82) is 5.26 Å². The van der Waals surface area contributed by atoms with E-state index in [4.69, 9.17) is 14.7 Å². The number of nitrogens with one attached hydrogen (secondary N) is 1. The van der Waals surface area contributed by atoms with Gasteiger partial charge in [-0.25, -0.2) is 0 Å². The molecule has 0 spiro atoms. The van der Waals surface area contributed by atoms with Crippen molar-refractivity contribution in [3.63, 3.8) is 0 Å². The van der Waals surface area contributed by atoms with Crippen LogP contribution in [0.2, 0.25) is 0 Å². The number of aromatic nitrogens is 1. The maximum absolute atomic E-state index is 8.93. The molecule has 0 amide bonds. The highest BCUT2D eigenvalue weighted by Crippen LogP contribution is 2.29. The first-order valence-electron chi connectivity index (χ1n) is 7.03. The van der Waals surface area contributed by atoms with Crippen molar-refractivity contribution in [2.45, 2.75) is 13.0 Å². The molecular formula is C18H16N2O2. The van der Waals surface area contributed by atoms with Crippen LogP contribution in [0.3, 0.4) is 0 Å². The van der Waals surface area contributed by atoms with Gasteiger partial charge < -0.3 is 14.5 Å². The van der Waals surface area contributed by atoms with Crippen molar-refractivity contribution in [2.75, 3.05) is 7.11 Å². The lowest BCUT2D eigenvalue weighted by Gasteiger charge is -2.09. The van der Waals surface area contributed by atoms with E-state index in [1.165, 1.54) is 0 Å². The third-order valence-electron chi connectivity index (χ3n) is 3.57. The molecule has 4 heteroatoms. The van der Waals surface area contributed by atoms with Crippen LogP contribution in [-0.2, 0) is 13.0 Å². The molecule has 0 bridgehead atoms. The zero-order valence-corrected chi connectivity index (χ0v) is 12.3. The standard InChI is InChI=1S/C18H16N2O2/c1-21-15-7-5-13(6-8-15)12-22-17-4-2-3-16-18(17)14(9-10-19)11-20-16/h2-8,11,20H,9,12H2,1H3. The summed E-state index contributed by atoms with van der Waals surface area (Å²) in [4.78, 5) is 3.18. The summed E-state index contributed by atoms with van der Waals surface area (Å²) in [6.07, 6.45) is 2.23. The number of fused-ring (bicyclic) bond motifs is 1. The van der Waals surface area contributed by atoms with Gasteiger partial charge in [0.05, 0.1) is 19.6 Å². The number of ether oxygens (including phenoxy) is 2. The molecule has 2 aromatic carbocycles. The molecule has 0 unspecified atom stereocenters.